The van der Waals surface area contributed by atoms with Crippen LogP contribution >= 0.6 is 11.6 Å². The summed E-state index contributed by atoms with van der Waals surface area (Å²) in [6, 6.07) is 13.3. The minimum atomic E-state index is -0.607. The van der Waals surface area contributed by atoms with E-state index >= 15 is 0 Å². The third kappa shape index (κ3) is 5.21. The van der Waals surface area contributed by atoms with E-state index < -0.39 is 6.10 Å². The number of halogens is 1. The van der Waals surface area contributed by atoms with E-state index in [0.717, 1.165) is 36.8 Å². The van der Waals surface area contributed by atoms with Crippen LogP contribution in [-0.2, 0) is 27.4 Å². The molecule has 1 saturated heterocycles. The van der Waals surface area contributed by atoms with Gasteiger partial charge < -0.3 is 14.2 Å². The zero-order valence-corrected chi connectivity index (χ0v) is 16.8. The van der Waals surface area contributed by atoms with Crippen molar-refractivity contribution in [3.05, 3.63) is 58.6 Å². The molecule has 29 heavy (non-hydrogen) atoms. The van der Waals surface area contributed by atoms with Gasteiger partial charge in [0, 0.05) is 29.7 Å². The maximum atomic E-state index is 12.4. The summed E-state index contributed by atoms with van der Waals surface area (Å²) < 4.78 is 17.2. The number of amides is 1. The van der Waals surface area contributed by atoms with Crippen LogP contribution in [-0.4, -0.2) is 24.9 Å². The summed E-state index contributed by atoms with van der Waals surface area (Å²) in [6.45, 7) is 1.02. The number of hydrogen-bond donors (Lipinski definition) is 1. The van der Waals surface area contributed by atoms with Crippen molar-refractivity contribution in [3.8, 4) is 11.5 Å². The van der Waals surface area contributed by atoms with Gasteiger partial charge in [0.2, 0.25) is 0 Å². The van der Waals surface area contributed by atoms with E-state index in [2.05, 4.69) is 5.48 Å². The largest absolute Gasteiger partial charge is 0.489 e. The van der Waals surface area contributed by atoms with Crippen molar-refractivity contribution < 1.29 is 23.8 Å². The number of benzene rings is 2. The van der Waals surface area contributed by atoms with Crippen LogP contribution in [0, 0.1) is 0 Å². The normalized spacial score (nSPS) is 21.0. The molecular formula is C22H24ClNO5. The number of hydroxylamine groups is 1. The average Bonchev–Trinajstić information content (AvgIpc) is 2.77. The number of nitrogens with one attached hydrogen (secondary N) is 1. The second kappa shape index (κ2) is 9.48. The predicted octanol–water partition coefficient (Wildman–Crippen LogP) is 4.19. The number of rotatable bonds is 6. The van der Waals surface area contributed by atoms with Crippen LogP contribution in [0.2, 0.25) is 5.02 Å². The molecule has 0 spiro atoms. The SMILES string of the molecule is O=C(NOC1CCCCO1)[C@@H]1CCc2ccc(OCc3ccccc3Cl)cc2O1. The summed E-state index contributed by atoms with van der Waals surface area (Å²) >= 11 is 6.18. The van der Waals surface area contributed by atoms with Gasteiger partial charge in [-0.2, -0.15) is 0 Å². The highest BCUT2D eigenvalue weighted by molar-refractivity contribution is 6.31. The Morgan fingerprint density at radius 2 is 2.07 bits per heavy atom. The van der Waals surface area contributed by atoms with E-state index in [1.807, 2.05) is 42.5 Å². The fourth-order valence-corrected chi connectivity index (χ4v) is 3.58. The number of hydrogen-bond acceptors (Lipinski definition) is 5. The fourth-order valence-electron chi connectivity index (χ4n) is 3.39. The first-order valence-corrected chi connectivity index (χ1v) is 10.3. The van der Waals surface area contributed by atoms with Crippen LogP contribution in [0.1, 0.15) is 36.8 Å². The van der Waals surface area contributed by atoms with Gasteiger partial charge in [0.15, 0.2) is 12.4 Å². The minimum absolute atomic E-state index is 0.299. The van der Waals surface area contributed by atoms with Crippen LogP contribution in [0.15, 0.2) is 42.5 Å². The van der Waals surface area contributed by atoms with E-state index in [9.17, 15) is 4.79 Å². The van der Waals surface area contributed by atoms with Crippen LogP contribution in [0.4, 0.5) is 0 Å². The Morgan fingerprint density at radius 1 is 1.17 bits per heavy atom. The van der Waals surface area contributed by atoms with Crippen molar-refractivity contribution >= 4 is 17.5 Å². The van der Waals surface area contributed by atoms with Crippen molar-refractivity contribution in [1.29, 1.82) is 0 Å². The quantitative estimate of drug-likeness (QED) is 0.714. The lowest BCUT2D eigenvalue weighted by Gasteiger charge is -2.27. The van der Waals surface area contributed by atoms with E-state index in [1.165, 1.54) is 0 Å². The number of carbonyl (C=O) groups is 1. The van der Waals surface area contributed by atoms with Gasteiger partial charge in [0.05, 0.1) is 0 Å². The number of ether oxygens (including phenoxy) is 3. The van der Waals surface area contributed by atoms with E-state index in [0.29, 0.717) is 36.2 Å². The summed E-state index contributed by atoms with van der Waals surface area (Å²) in [7, 11) is 0. The predicted molar refractivity (Wildman–Crippen MR) is 108 cm³/mol. The molecule has 154 valence electrons. The molecule has 2 heterocycles. The molecule has 6 nitrogen and oxygen atoms in total. The third-order valence-electron chi connectivity index (χ3n) is 5.06. The average molecular weight is 418 g/mol. The van der Waals surface area contributed by atoms with Crippen molar-refractivity contribution in [2.24, 2.45) is 0 Å². The molecule has 0 aromatic heterocycles. The van der Waals surface area contributed by atoms with Crippen molar-refractivity contribution in [3.63, 3.8) is 0 Å². The molecule has 2 aromatic carbocycles. The summed E-state index contributed by atoms with van der Waals surface area (Å²) in [4.78, 5) is 17.8. The Bertz CT molecular complexity index is 853. The van der Waals surface area contributed by atoms with Crippen molar-refractivity contribution in [1.82, 2.24) is 5.48 Å². The summed E-state index contributed by atoms with van der Waals surface area (Å²) in [5, 5.41) is 0.667. The zero-order chi connectivity index (χ0) is 20.1. The highest BCUT2D eigenvalue weighted by Crippen LogP contribution is 2.32. The first-order chi connectivity index (χ1) is 14.2. The Labute approximate surface area is 175 Å². The molecule has 1 amide bonds. The van der Waals surface area contributed by atoms with E-state index in [1.54, 1.807) is 0 Å². The third-order valence-corrected chi connectivity index (χ3v) is 5.43. The first kappa shape index (κ1) is 20.0. The molecule has 1 fully saturated rings. The Kier molecular flexibility index (Phi) is 6.54. The monoisotopic (exact) mass is 417 g/mol. The maximum absolute atomic E-state index is 12.4. The van der Waals surface area contributed by atoms with E-state index in [-0.39, 0.29) is 12.2 Å². The molecule has 4 rings (SSSR count). The molecule has 2 aliphatic heterocycles. The minimum Gasteiger partial charge on any atom is -0.489 e. The highest BCUT2D eigenvalue weighted by Gasteiger charge is 2.27. The molecular weight excluding hydrogens is 394 g/mol. The number of fused-ring (bicyclic) bond motifs is 1. The fraction of sp³-hybridized carbons (Fsp3) is 0.409. The standard InChI is InChI=1S/C22H24ClNO5/c23-18-6-2-1-5-16(18)14-27-17-10-8-15-9-11-19(28-20(15)13-17)22(25)24-29-21-7-3-4-12-26-21/h1-2,5-6,8,10,13,19,21H,3-4,7,9,11-12,14H2,(H,24,25)/t19-,21?/m0/s1. The summed E-state index contributed by atoms with van der Waals surface area (Å²) in [5.74, 6) is 1.02. The van der Waals surface area contributed by atoms with Crippen molar-refractivity contribution in [2.75, 3.05) is 6.61 Å². The van der Waals surface area contributed by atoms with Gasteiger partial charge in [-0.3, -0.25) is 4.79 Å². The lowest BCUT2D eigenvalue weighted by atomic mass is 10.0. The van der Waals surface area contributed by atoms with Crippen LogP contribution in [0.5, 0.6) is 11.5 Å². The molecule has 7 heteroatoms. The maximum Gasteiger partial charge on any atom is 0.284 e. The van der Waals surface area contributed by atoms with Gasteiger partial charge >= 0.3 is 0 Å². The van der Waals surface area contributed by atoms with Gasteiger partial charge in [0.1, 0.15) is 18.1 Å². The first-order valence-electron chi connectivity index (χ1n) is 9.92. The molecule has 2 aliphatic rings. The molecule has 0 radical (unpaired) electrons. The number of aryl methyl sites for hydroxylation is 1. The molecule has 0 bridgehead atoms. The molecule has 0 aliphatic carbocycles. The topological polar surface area (TPSA) is 66.0 Å². The molecule has 2 atom stereocenters. The van der Waals surface area contributed by atoms with Crippen molar-refractivity contribution in [2.45, 2.75) is 51.1 Å². The lowest BCUT2D eigenvalue weighted by Crippen LogP contribution is -2.42. The number of carbonyl (C=O) groups excluding carboxylic acids is 1. The second-order valence-corrected chi connectivity index (χ2v) is 7.58. The highest BCUT2D eigenvalue weighted by atomic mass is 35.5. The van der Waals surface area contributed by atoms with Gasteiger partial charge in [-0.15, -0.1) is 0 Å². The van der Waals surface area contributed by atoms with Gasteiger partial charge in [-0.05, 0) is 43.4 Å². The Balaban J connectivity index is 1.33. The Hall–Kier alpha value is -2.28. The Morgan fingerprint density at radius 3 is 2.90 bits per heavy atom. The molecule has 0 saturated carbocycles. The van der Waals surface area contributed by atoms with E-state index in [4.69, 9.17) is 30.6 Å². The van der Waals surface area contributed by atoms with Gasteiger partial charge in [-0.1, -0.05) is 35.9 Å². The zero-order valence-electron chi connectivity index (χ0n) is 16.1. The van der Waals surface area contributed by atoms with Crippen LogP contribution in [0.25, 0.3) is 0 Å². The molecule has 2 aromatic rings. The lowest BCUT2D eigenvalue weighted by molar-refractivity contribution is -0.203. The smallest absolute Gasteiger partial charge is 0.284 e. The molecule has 1 unspecified atom stereocenters. The van der Waals surface area contributed by atoms with Gasteiger partial charge in [-0.25, -0.2) is 10.3 Å². The summed E-state index contributed by atoms with van der Waals surface area (Å²) in [6.07, 6.45) is 3.19. The van der Waals surface area contributed by atoms with Crippen LogP contribution < -0.4 is 15.0 Å². The van der Waals surface area contributed by atoms with Gasteiger partial charge in [0.25, 0.3) is 5.91 Å². The second-order valence-electron chi connectivity index (χ2n) is 7.18. The van der Waals surface area contributed by atoms with Crippen LogP contribution in [0.3, 0.4) is 0 Å². The summed E-state index contributed by atoms with van der Waals surface area (Å²) in [5.41, 5.74) is 4.45. The molecule has 1 N–H and O–H groups in total.